The lowest BCUT2D eigenvalue weighted by atomic mass is 10.1. The third-order valence-corrected chi connectivity index (χ3v) is 4.40. The molecule has 0 aliphatic carbocycles. The van der Waals surface area contributed by atoms with Gasteiger partial charge in [-0.05, 0) is 26.8 Å². The molecule has 1 N–H and O–H groups in total. The quantitative estimate of drug-likeness (QED) is 0.533. The number of carbonyl (C=O) groups is 1. The van der Waals surface area contributed by atoms with Crippen molar-refractivity contribution in [3.63, 3.8) is 0 Å². The molecular weight excluding hydrogens is 407 g/mol. The van der Waals surface area contributed by atoms with Crippen molar-refractivity contribution < 1.29 is 26.8 Å². The van der Waals surface area contributed by atoms with Gasteiger partial charge in [0.1, 0.15) is 5.76 Å². The number of rotatable bonds is 4. The van der Waals surface area contributed by atoms with Crippen molar-refractivity contribution >= 4 is 17.7 Å². The van der Waals surface area contributed by atoms with Crippen molar-refractivity contribution in [1.29, 1.82) is 0 Å². The summed E-state index contributed by atoms with van der Waals surface area (Å²) in [5.74, 6) is -1.26. The summed E-state index contributed by atoms with van der Waals surface area (Å²) in [6.45, 7) is 4.83. The summed E-state index contributed by atoms with van der Waals surface area (Å²) in [7, 11) is 0. The summed E-state index contributed by atoms with van der Waals surface area (Å²) in [6, 6.07) is 1.52. The summed E-state index contributed by atoms with van der Waals surface area (Å²) in [6.07, 6.45) is -3.42. The minimum atomic E-state index is -4.70. The van der Waals surface area contributed by atoms with Crippen LogP contribution in [-0.4, -0.2) is 35.7 Å². The zero-order valence-corrected chi connectivity index (χ0v) is 15.9. The molecule has 4 aromatic heterocycles. The summed E-state index contributed by atoms with van der Waals surface area (Å²) < 4.78 is 50.2. The summed E-state index contributed by atoms with van der Waals surface area (Å²) in [5, 5.41) is 13.5. The first-order valence-electron chi connectivity index (χ1n) is 8.61. The number of carbonyl (C=O) groups excluding carboxylic acids is 1. The SMILES string of the molecule is Cc1nc2nc(C(F)(F)F)nn2c(C)c1CC(=O)Nc1nnc(-c2ccoc2C)o1. The zero-order chi connectivity index (χ0) is 21.6. The number of alkyl halides is 3. The van der Waals surface area contributed by atoms with E-state index >= 15 is 0 Å². The number of halogens is 3. The van der Waals surface area contributed by atoms with E-state index in [0.29, 0.717) is 28.3 Å². The number of aryl methyl sites for hydroxylation is 3. The van der Waals surface area contributed by atoms with E-state index < -0.39 is 17.9 Å². The van der Waals surface area contributed by atoms with Crippen molar-refractivity contribution in [3.05, 3.63) is 40.9 Å². The van der Waals surface area contributed by atoms with Crippen LogP contribution < -0.4 is 5.32 Å². The van der Waals surface area contributed by atoms with Crippen LogP contribution in [-0.2, 0) is 17.4 Å². The number of hydrogen-bond donors (Lipinski definition) is 1. The van der Waals surface area contributed by atoms with Gasteiger partial charge in [-0.2, -0.15) is 18.2 Å². The third kappa shape index (κ3) is 3.49. The van der Waals surface area contributed by atoms with Crippen LogP contribution in [0.25, 0.3) is 17.2 Å². The predicted octanol–water partition coefficient (Wildman–Crippen LogP) is 2.89. The van der Waals surface area contributed by atoms with Crippen molar-refractivity contribution in [1.82, 2.24) is 29.8 Å². The molecule has 4 rings (SSSR count). The Balaban J connectivity index is 1.56. The minimum Gasteiger partial charge on any atom is -0.469 e. The van der Waals surface area contributed by atoms with Gasteiger partial charge in [0.25, 0.3) is 17.5 Å². The minimum absolute atomic E-state index is 0.125. The molecule has 4 aromatic rings. The summed E-state index contributed by atoms with van der Waals surface area (Å²) in [4.78, 5) is 19.9. The molecule has 0 atom stereocenters. The van der Waals surface area contributed by atoms with E-state index in [1.807, 2.05) is 0 Å². The lowest BCUT2D eigenvalue weighted by molar-refractivity contribution is -0.144. The maximum Gasteiger partial charge on any atom is 0.453 e. The van der Waals surface area contributed by atoms with Gasteiger partial charge in [-0.15, -0.1) is 10.2 Å². The Kier molecular flexibility index (Phi) is 4.51. The topological polar surface area (TPSA) is 124 Å². The number of nitrogens with zero attached hydrogens (tertiary/aromatic N) is 6. The molecule has 0 saturated carbocycles. The van der Waals surface area contributed by atoms with Gasteiger partial charge in [-0.3, -0.25) is 10.1 Å². The molecule has 0 radical (unpaired) electrons. The van der Waals surface area contributed by atoms with Crippen molar-refractivity contribution in [2.75, 3.05) is 5.32 Å². The van der Waals surface area contributed by atoms with Gasteiger partial charge in [-0.1, -0.05) is 5.10 Å². The number of furan rings is 1. The first-order chi connectivity index (χ1) is 14.1. The Morgan fingerprint density at radius 1 is 1.20 bits per heavy atom. The van der Waals surface area contributed by atoms with Crippen molar-refractivity contribution in [3.8, 4) is 11.5 Å². The fourth-order valence-electron chi connectivity index (χ4n) is 2.90. The molecule has 0 unspecified atom stereocenters. The highest BCUT2D eigenvalue weighted by molar-refractivity contribution is 5.90. The average Bonchev–Trinajstić information content (AvgIpc) is 3.37. The maximum atomic E-state index is 12.9. The molecule has 0 spiro atoms. The molecule has 0 aliphatic heterocycles. The largest absolute Gasteiger partial charge is 0.469 e. The van der Waals surface area contributed by atoms with Gasteiger partial charge in [-0.25, -0.2) is 9.50 Å². The van der Waals surface area contributed by atoms with Gasteiger partial charge >= 0.3 is 12.2 Å². The Morgan fingerprint density at radius 2 is 1.97 bits per heavy atom. The average molecular weight is 421 g/mol. The second kappa shape index (κ2) is 6.93. The molecule has 0 fully saturated rings. The third-order valence-electron chi connectivity index (χ3n) is 4.40. The van der Waals surface area contributed by atoms with Gasteiger partial charge in [0.05, 0.1) is 18.2 Å². The summed E-state index contributed by atoms with van der Waals surface area (Å²) in [5.41, 5.74) is 1.67. The monoisotopic (exact) mass is 421 g/mol. The summed E-state index contributed by atoms with van der Waals surface area (Å²) >= 11 is 0. The number of aromatic nitrogens is 6. The number of nitrogens with one attached hydrogen (secondary N) is 1. The number of fused-ring (bicyclic) bond motifs is 1. The lowest BCUT2D eigenvalue weighted by Gasteiger charge is -2.09. The standard InChI is InChI=1S/C17H14F3N7O3/c1-7-11(8(2)27-15(21-7)23-14(26-27)17(18,19)20)6-12(28)22-16-25-24-13(30-16)10-4-5-29-9(10)3/h4-5H,6H2,1-3H3,(H,22,25,28). The smallest absolute Gasteiger partial charge is 0.453 e. The molecule has 4 heterocycles. The molecular formula is C17H14F3N7O3. The lowest BCUT2D eigenvalue weighted by Crippen LogP contribution is -2.18. The fraction of sp³-hybridized carbons (Fsp3) is 0.294. The molecule has 1 amide bonds. The molecule has 30 heavy (non-hydrogen) atoms. The van der Waals surface area contributed by atoms with Gasteiger partial charge < -0.3 is 8.83 Å². The van der Waals surface area contributed by atoms with Gasteiger partial charge in [0.2, 0.25) is 5.91 Å². The molecule has 0 bridgehead atoms. The second-order valence-electron chi connectivity index (χ2n) is 6.43. The van der Waals surface area contributed by atoms with Crippen LogP contribution in [0.15, 0.2) is 21.2 Å². The van der Waals surface area contributed by atoms with E-state index in [9.17, 15) is 18.0 Å². The normalized spacial score (nSPS) is 11.9. The van der Waals surface area contributed by atoms with E-state index in [0.717, 1.165) is 4.52 Å². The van der Waals surface area contributed by atoms with Crippen LogP contribution in [0.4, 0.5) is 19.2 Å². The molecule has 10 nitrogen and oxygen atoms in total. The molecule has 0 aromatic carbocycles. The Morgan fingerprint density at radius 3 is 2.63 bits per heavy atom. The highest BCUT2D eigenvalue weighted by Crippen LogP contribution is 2.27. The van der Waals surface area contributed by atoms with Crippen LogP contribution in [0.2, 0.25) is 0 Å². The van der Waals surface area contributed by atoms with Crippen LogP contribution in [0.3, 0.4) is 0 Å². The first kappa shape index (κ1) is 19.5. The highest BCUT2D eigenvalue weighted by Gasteiger charge is 2.37. The predicted molar refractivity (Wildman–Crippen MR) is 94.3 cm³/mol. The van der Waals surface area contributed by atoms with Crippen LogP contribution in [0.1, 0.15) is 28.5 Å². The van der Waals surface area contributed by atoms with Gasteiger partial charge in [0.15, 0.2) is 0 Å². The Hall–Kier alpha value is -3.77. The molecule has 156 valence electrons. The van der Waals surface area contributed by atoms with E-state index in [1.165, 1.54) is 13.2 Å². The van der Waals surface area contributed by atoms with E-state index in [2.05, 4.69) is 30.6 Å². The molecule has 13 heteroatoms. The zero-order valence-electron chi connectivity index (χ0n) is 15.9. The number of amides is 1. The Bertz CT molecular complexity index is 1260. The first-order valence-corrected chi connectivity index (χ1v) is 8.61. The molecule has 0 aliphatic rings. The second-order valence-corrected chi connectivity index (χ2v) is 6.43. The maximum absolute atomic E-state index is 12.9. The van der Waals surface area contributed by atoms with Gasteiger partial charge in [0, 0.05) is 17.0 Å². The highest BCUT2D eigenvalue weighted by atomic mass is 19.4. The Labute approximate surface area is 166 Å². The van der Waals surface area contributed by atoms with Crippen LogP contribution in [0, 0.1) is 20.8 Å². The number of anilines is 1. The fourth-order valence-corrected chi connectivity index (χ4v) is 2.90. The van der Waals surface area contributed by atoms with Crippen LogP contribution >= 0.6 is 0 Å². The van der Waals surface area contributed by atoms with E-state index in [4.69, 9.17) is 8.83 Å². The van der Waals surface area contributed by atoms with E-state index in [1.54, 1.807) is 19.9 Å². The van der Waals surface area contributed by atoms with E-state index in [-0.39, 0.29) is 24.1 Å². The molecule has 0 saturated heterocycles. The number of hydrogen-bond acceptors (Lipinski definition) is 8. The van der Waals surface area contributed by atoms with Crippen molar-refractivity contribution in [2.24, 2.45) is 0 Å². The van der Waals surface area contributed by atoms with Crippen LogP contribution in [0.5, 0.6) is 0 Å². The van der Waals surface area contributed by atoms with Crippen molar-refractivity contribution in [2.45, 2.75) is 33.4 Å².